The fraction of sp³-hybridized carbons (Fsp3) is 0.308. The highest BCUT2D eigenvalue weighted by atomic mass is 79.9. The summed E-state index contributed by atoms with van der Waals surface area (Å²) in [5.74, 6) is 2.35. The third-order valence-corrected chi connectivity index (χ3v) is 3.71. The van der Waals surface area contributed by atoms with Crippen LogP contribution in [0.2, 0.25) is 0 Å². The van der Waals surface area contributed by atoms with Gasteiger partial charge in [0.25, 0.3) is 0 Å². The van der Waals surface area contributed by atoms with Gasteiger partial charge in [0, 0.05) is 16.5 Å². The van der Waals surface area contributed by atoms with Crippen LogP contribution in [0.25, 0.3) is 11.3 Å². The summed E-state index contributed by atoms with van der Waals surface area (Å²) >= 11 is 3.52. The summed E-state index contributed by atoms with van der Waals surface area (Å²) in [5, 5.41) is 3.25. The lowest BCUT2D eigenvalue weighted by Gasteiger charge is -2.25. The molecule has 3 nitrogen and oxygen atoms in total. The van der Waals surface area contributed by atoms with Gasteiger partial charge in [0.2, 0.25) is 0 Å². The second-order valence-electron chi connectivity index (χ2n) is 4.33. The van der Waals surface area contributed by atoms with Crippen LogP contribution in [0.1, 0.15) is 5.89 Å². The number of rotatable bonds is 3. The van der Waals surface area contributed by atoms with Crippen molar-refractivity contribution < 1.29 is 4.42 Å². The highest BCUT2D eigenvalue weighted by Gasteiger charge is 2.20. The maximum absolute atomic E-state index is 5.79. The van der Waals surface area contributed by atoms with Crippen LogP contribution >= 0.6 is 15.9 Å². The van der Waals surface area contributed by atoms with Crippen molar-refractivity contribution >= 4 is 15.9 Å². The zero-order chi connectivity index (χ0) is 11.7. The first-order valence-electron chi connectivity index (χ1n) is 5.73. The zero-order valence-corrected chi connectivity index (χ0v) is 10.9. The van der Waals surface area contributed by atoms with Crippen molar-refractivity contribution in [2.45, 2.75) is 6.42 Å². The predicted molar refractivity (Wildman–Crippen MR) is 69.7 cm³/mol. The Morgan fingerprint density at radius 1 is 1.35 bits per heavy atom. The molecule has 3 rings (SSSR count). The SMILES string of the molecule is Brc1ccccc1-c1cnc(CC2CNC2)o1. The van der Waals surface area contributed by atoms with Gasteiger partial charge in [0.05, 0.1) is 6.20 Å². The molecule has 1 N–H and O–H groups in total. The number of hydrogen-bond acceptors (Lipinski definition) is 3. The first-order valence-corrected chi connectivity index (χ1v) is 6.52. The lowest BCUT2D eigenvalue weighted by molar-refractivity contribution is 0.319. The van der Waals surface area contributed by atoms with Crippen molar-refractivity contribution in [1.82, 2.24) is 10.3 Å². The van der Waals surface area contributed by atoms with Gasteiger partial charge in [-0.25, -0.2) is 4.98 Å². The number of aromatic nitrogens is 1. The van der Waals surface area contributed by atoms with Crippen molar-refractivity contribution in [1.29, 1.82) is 0 Å². The van der Waals surface area contributed by atoms with E-state index < -0.39 is 0 Å². The van der Waals surface area contributed by atoms with Gasteiger partial charge in [0.15, 0.2) is 11.7 Å². The highest BCUT2D eigenvalue weighted by molar-refractivity contribution is 9.10. The van der Waals surface area contributed by atoms with E-state index in [-0.39, 0.29) is 0 Å². The molecule has 2 heterocycles. The highest BCUT2D eigenvalue weighted by Crippen LogP contribution is 2.28. The molecule has 0 saturated carbocycles. The minimum Gasteiger partial charge on any atom is -0.441 e. The predicted octanol–water partition coefficient (Wildman–Crippen LogP) is 2.87. The largest absolute Gasteiger partial charge is 0.441 e. The van der Waals surface area contributed by atoms with Gasteiger partial charge in [-0.15, -0.1) is 0 Å². The number of oxazole rings is 1. The van der Waals surface area contributed by atoms with Gasteiger partial charge >= 0.3 is 0 Å². The maximum Gasteiger partial charge on any atom is 0.195 e. The smallest absolute Gasteiger partial charge is 0.195 e. The summed E-state index contributed by atoms with van der Waals surface area (Å²) in [6, 6.07) is 8.02. The molecule has 2 aromatic rings. The van der Waals surface area contributed by atoms with E-state index in [1.807, 2.05) is 30.5 Å². The Balaban J connectivity index is 1.82. The van der Waals surface area contributed by atoms with Crippen molar-refractivity contribution in [3.63, 3.8) is 0 Å². The van der Waals surface area contributed by atoms with Gasteiger partial charge in [0.1, 0.15) is 0 Å². The van der Waals surface area contributed by atoms with Crippen molar-refractivity contribution in [2.24, 2.45) is 5.92 Å². The van der Waals surface area contributed by atoms with E-state index in [2.05, 4.69) is 26.2 Å². The molecule has 88 valence electrons. The van der Waals surface area contributed by atoms with Crippen LogP contribution in [-0.2, 0) is 6.42 Å². The lowest BCUT2D eigenvalue weighted by Crippen LogP contribution is -2.43. The second kappa shape index (κ2) is 4.63. The maximum atomic E-state index is 5.79. The molecule has 1 aromatic heterocycles. The molecule has 0 spiro atoms. The van der Waals surface area contributed by atoms with E-state index in [1.165, 1.54) is 0 Å². The molecule has 1 aliphatic heterocycles. The molecule has 0 aliphatic carbocycles. The van der Waals surface area contributed by atoms with E-state index in [1.54, 1.807) is 0 Å². The van der Waals surface area contributed by atoms with Gasteiger partial charge in [-0.05, 0) is 25.1 Å². The van der Waals surface area contributed by atoms with Crippen LogP contribution in [0.15, 0.2) is 39.4 Å². The Hall–Kier alpha value is -1.13. The minimum atomic E-state index is 0.681. The molecule has 17 heavy (non-hydrogen) atoms. The molecule has 0 bridgehead atoms. The Morgan fingerprint density at radius 2 is 2.18 bits per heavy atom. The molecular formula is C13H13BrN2O. The minimum absolute atomic E-state index is 0.681. The van der Waals surface area contributed by atoms with Crippen LogP contribution in [0.3, 0.4) is 0 Å². The van der Waals surface area contributed by atoms with Crippen molar-refractivity contribution in [2.75, 3.05) is 13.1 Å². The number of nitrogens with zero attached hydrogens (tertiary/aromatic N) is 1. The van der Waals surface area contributed by atoms with Gasteiger partial charge in [-0.2, -0.15) is 0 Å². The molecule has 0 atom stereocenters. The average Bonchev–Trinajstić information content (AvgIpc) is 2.73. The molecule has 1 saturated heterocycles. The van der Waals surface area contributed by atoms with Crippen LogP contribution in [-0.4, -0.2) is 18.1 Å². The summed E-state index contributed by atoms with van der Waals surface area (Å²) in [7, 11) is 0. The van der Waals surface area contributed by atoms with E-state index in [0.29, 0.717) is 5.92 Å². The van der Waals surface area contributed by atoms with Crippen molar-refractivity contribution in [3.05, 3.63) is 40.8 Å². The first kappa shape index (κ1) is 11.0. The molecule has 4 heteroatoms. The Morgan fingerprint density at radius 3 is 2.88 bits per heavy atom. The van der Waals surface area contributed by atoms with Gasteiger partial charge in [-0.1, -0.05) is 34.1 Å². The lowest BCUT2D eigenvalue weighted by atomic mass is 10.00. The fourth-order valence-electron chi connectivity index (χ4n) is 1.93. The average molecular weight is 293 g/mol. The molecule has 1 aliphatic rings. The van der Waals surface area contributed by atoms with Crippen molar-refractivity contribution in [3.8, 4) is 11.3 Å². The Kier molecular flexibility index (Phi) is 2.99. The van der Waals surface area contributed by atoms with Crippen LogP contribution in [0.4, 0.5) is 0 Å². The Labute approximate surface area is 108 Å². The van der Waals surface area contributed by atoms with Crippen LogP contribution in [0, 0.1) is 5.92 Å². The number of benzene rings is 1. The molecule has 0 unspecified atom stereocenters. The monoisotopic (exact) mass is 292 g/mol. The molecule has 1 fully saturated rings. The van der Waals surface area contributed by atoms with Crippen LogP contribution < -0.4 is 5.32 Å². The zero-order valence-electron chi connectivity index (χ0n) is 9.32. The quantitative estimate of drug-likeness (QED) is 0.945. The topological polar surface area (TPSA) is 38.1 Å². The fourth-order valence-corrected chi connectivity index (χ4v) is 2.41. The first-order chi connectivity index (χ1) is 8.33. The molecule has 0 radical (unpaired) electrons. The van der Waals surface area contributed by atoms with E-state index in [0.717, 1.165) is 41.2 Å². The van der Waals surface area contributed by atoms with Crippen LogP contribution in [0.5, 0.6) is 0 Å². The summed E-state index contributed by atoms with van der Waals surface area (Å²) in [6.45, 7) is 2.15. The van der Waals surface area contributed by atoms with E-state index in [4.69, 9.17) is 4.42 Å². The molecule has 1 aromatic carbocycles. The number of hydrogen-bond donors (Lipinski definition) is 1. The number of halogens is 1. The van der Waals surface area contributed by atoms with E-state index in [9.17, 15) is 0 Å². The third-order valence-electron chi connectivity index (χ3n) is 3.02. The molecular weight excluding hydrogens is 280 g/mol. The van der Waals surface area contributed by atoms with E-state index >= 15 is 0 Å². The second-order valence-corrected chi connectivity index (χ2v) is 5.18. The standard InChI is InChI=1S/C13H13BrN2O/c14-11-4-2-1-3-10(11)12-8-16-13(17-12)5-9-6-15-7-9/h1-4,8-9,15H,5-7H2. The number of nitrogens with one attached hydrogen (secondary N) is 1. The summed E-state index contributed by atoms with van der Waals surface area (Å²) in [6.07, 6.45) is 2.74. The third kappa shape index (κ3) is 2.28. The Bertz CT molecular complexity index is 520. The summed E-state index contributed by atoms with van der Waals surface area (Å²) in [4.78, 5) is 4.34. The summed E-state index contributed by atoms with van der Waals surface area (Å²) < 4.78 is 6.82. The molecule has 0 amide bonds. The van der Waals surface area contributed by atoms with Gasteiger partial charge < -0.3 is 9.73 Å². The van der Waals surface area contributed by atoms with Gasteiger partial charge in [-0.3, -0.25) is 0 Å². The normalized spacial score (nSPS) is 15.8. The summed E-state index contributed by atoms with van der Waals surface area (Å²) in [5.41, 5.74) is 1.05.